The van der Waals surface area contributed by atoms with Crippen LogP contribution in [0.2, 0.25) is 0 Å². The van der Waals surface area contributed by atoms with Gasteiger partial charge < -0.3 is 10.4 Å². The first-order valence-corrected chi connectivity index (χ1v) is 7.64. The summed E-state index contributed by atoms with van der Waals surface area (Å²) in [6, 6.07) is 2.19. The molecule has 0 spiro atoms. The zero-order chi connectivity index (χ0) is 13.2. The van der Waals surface area contributed by atoms with Gasteiger partial charge in [0.25, 0.3) is 5.91 Å². The van der Waals surface area contributed by atoms with Crippen LogP contribution in [0, 0.1) is 23.7 Å². The molecule has 1 amide bonds. The topological polar surface area (TPSA) is 49.3 Å². The molecule has 2 fully saturated rings. The largest absolute Gasteiger partial charge is 0.384 e. The molecule has 2 bridgehead atoms. The van der Waals surface area contributed by atoms with E-state index in [4.69, 9.17) is 5.11 Å². The van der Waals surface area contributed by atoms with Crippen molar-refractivity contribution in [3.05, 3.63) is 21.9 Å². The van der Waals surface area contributed by atoms with E-state index in [0.29, 0.717) is 16.8 Å². The van der Waals surface area contributed by atoms with Gasteiger partial charge in [0.1, 0.15) is 11.5 Å². The van der Waals surface area contributed by atoms with Gasteiger partial charge in [0, 0.05) is 11.6 Å². The van der Waals surface area contributed by atoms with Gasteiger partial charge >= 0.3 is 0 Å². The van der Waals surface area contributed by atoms with Crippen LogP contribution in [0.15, 0.2) is 11.4 Å². The Morgan fingerprint density at radius 1 is 1.47 bits per heavy atom. The minimum Gasteiger partial charge on any atom is -0.384 e. The Morgan fingerprint density at radius 2 is 2.37 bits per heavy atom. The summed E-state index contributed by atoms with van der Waals surface area (Å²) >= 11 is 1.42. The Hall–Kier alpha value is -1.31. The lowest BCUT2D eigenvalue weighted by Gasteiger charge is -2.22. The summed E-state index contributed by atoms with van der Waals surface area (Å²) in [5, 5.41) is 13.8. The van der Waals surface area contributed by atoms with Gasteiger partial charge in [-0.15, -0.1) is 11.3 Å². The van der Waals surface area contributed by atoms with Gasteiger partial charge in [-0.1, -0.05) is 18.3 Å². The summed E-state index contributed by atoms with van der Waals surface area (Å²) in [6.07, 6.45) is 5.02. The quantitative estimate of drug-likeness (QED) is 0.811. The highest BCUT2D eigenvalue weighted by Gasteiger charge is 2.40. The van der Waals surface area contributed by atoms with Gasteiger partial charge in [0.05, 0.1) is 0 Å². The second kappa shape index (κ2) is 5.36. The van der Waals surface area contributed by atoms with Crippen LogP contribution in [-0.4, -0.2) is 23.7 Å². The zero-order valence-corrected chi connectivity index (χ0v) is 11.5. The fraction of sp³-hybridized carbons (Fsp3) is 0.533. The van der Waals surface area contributed by atoms with E-state index in [0.717, 1.165) is 17.9 Å². The average Bonchev–Trinajstić information content (AvgIpc) is 3.11. The van der Waals surface area contributed by atoms with Crippen molar-refractivity contribution in [2.75, 3.05) is 6.61 Å². The third-order valence-electron chi connectivity index (χ3n) is 4.23. The van der Waals surface area contributed by atoms with Crippen molar-refractivity contribution in [1.82, 2.24) is 5.32 Å². The number of hydrogen-bond donors (Lipinski definition) is 2. The molecule has 4 heteroatoms. The Balaban J connectivity index is 1.69. The van der Waals surface area contributed by atoms with Gasteiger partial charge in [-0.05, 0) is 42.5 Å². The molecule has 2 aliphatic carbocycles. The summed E-state index contributed by atoms with van der Waals surface area (Å²) in [5.41, 5.74) is 0.722. The predicted molar refractivity (Wildman–Crippen MR) is 75.0 cm³/mol. The first-order chi connectivity index (χ1) is 9.28. The van der Waals surface area contributed by atoms with Gasteiger partial charge in [0.2, 0.25) is 0 Å². The molecule has 2 saturated carbocycles. The summed E-state index contributed by atoms with van der Waals surface area (Å²) < 4.78 is 0. The molecule has 3 atom stereocenters. The van der Waals surface area contributed by atoms with E-state index < -0.39 is 0 Å². The van der Waals surface area contributed by atoms with E-state index in [9.17, 15) is 4.79 Å². The molecule has 0 aromatic carbocycles. The van der Waals surface area contributed by atoms with Crippen molar-refractivity contribution in [1.29, 1.82) is 0 Å². The molecule has 1 aromatic heterocycles. The molecule has 0 radical (unpaired) electrons. The van der Waals surface area contributed by atoms with Crippen LogP contribution in [0.4, 0.5) is 0 Å². The number of hydrogen-bond acceptors (Lipinski definition) is 3. The fourth-order valence-corrected chi connectivity index (χ4v) is 4.13. The molecule has 1 heterocycles. The molecular weight excluding hydrogens is 258 g/mol. The molecule has 0 aliphatic heterocycles. The first-order valence-electron chi connectivity index (χ1n) is 6.76. The summed E-state index contributed by atoms with van der Waals surface area (Å²) in [5.74, 6) is 6.93. The molecule has 0 saturated heterocycles. The molecule has 3 nitrogen and oxygen atoms in total. The maximum Gasteiger partial charge on any atom is 0.262 e. The minimum absolute atomic E-state index is 0.00482. The highest BCUT2D eigenvalue weighted by Crippen LogP contribution is 2.44. The van der Waals surface area contributed by atoms with Crippen LogP contribution in [0.1, 0.15) is 40.9 Å². The average molecular weight is 275 g/mol. The molecule has 1 aromatic rings. The Bertz CT molecular complexity index is 540. The van der Waals surface area contributed by atoms with Crippen molar-refractivity contribution >= 4 is 17.2 Å². The molecule has 3 rings (SSSR count). The van der Waals surface area contributed by atoms with Crippen LogP contribution >= 0.6 is 11.3 Å². The third kappa shape index (κ3) is 2.54. The van der Waals surface area contributed by atoms with Crippen molar-refractivity contribution in [2.45, 2.75) is 31.7 Å². The Labute approximate surface area is 117 Å². The SMILES string of the molecule is O=C(NC1CC2CCC1C2)c1sccc1C#CCO. The Kier molecular flexibility index (Phi) is 3.58. The van der Waals surface area contributed by atoms with E-state index in [1.165, 1.54) is 30.6 Å². The molecular formula is C15H17NO2S. The van der Waals surface area contributed by atoms with Gasteiger partial charge in [-0.25, -0.2) is 0 Å². The van der Waals surface area contributed by atoms with Crippen LogP contribution in [0.3, 0.4) is 0 Å². The summed E-state index contributed by atoms with van der Waals surface area (Å²) in [4.78, 5) is 13.0. The van der Waals surface area contributed by atoms with Crippen LogP contribution in [0.5, 0.6) is 0 Å². The van der Waals surface area contributed by atoms with Crippen molar-refractivity contribution in [3.63, 3.8) is 0 Å². The first kappa shape index (κ1) is 12.7. The highest BCUT2D eigenvalue weighted by atomic mass is 32.1. The van der Waals surface area contributed by atoms with Crippen molar-refractivity contribution in [3.8, 4) is 11.8 Å². The maximum atomic E-state index is 12.3. The van der Waals surface area contributed by atoms with E-state index in [-0.39, 0.29) is 12.5 Å². The number of aliphatic hydroxyl groups excluding tert-OH is 1. The number of rotatable bonds is 2. The van der Waals surface area contributed by atoms with Crippen LogP contribution in [0.25, 0.3) is 0 Å². The van der Waals surface area contributed by atoms with Crippen molar-refractivity contribution in [2.24, 2.45) is 11.8 Å². The summed E-state index contributed by atoms with van der Waals surface area (Å²) in [6.45, 7) is -0.177. The number of nitrogens with one attached hydrogen (secondary N) is 1. The fourth-order valence-electron chi connectivity index (χ4n) is 3.37. The molecule has 2 aliphatic rings. The number of fused-ring (bicyclic) bond motifs is 2. The monoisotopic (exact) mass is 275 g/mol. The smallest absolute Gasteiger partial charge is 0.262 e. The standard InChI is InChI=1S/C15H17NO2S/c17-6-1-2-11-5-7-19-14(11)15(18)16-13-9-10-3-4-12(13)8-10/h5,7,10,12-13,17H,3-4,6,8-9H2,(H,16,18). The van der Waals surface area contributed by atoms with E-state index in [2.05, 4.69) is 17.2 Å². The maximum absolute atomic E-state index is 12.3. The molecule has 19 heavy (non-hydrogen) atoms. The van der Waals surface area contributed by atoms with Crippen LogP contribution in [-0.2, 0) is 0 Å². The van der Waals surface area contributed by atoms with Gasteiger partial charge in [-0.2, -0.15) is 0 Å². The second-order valence-corrected chi connectivity index (χ2v) is 6.29. The van der Waals surface area contributed by atoms with E-state index >= 15 is 0 Å². The van der Waals surface area contributed by atoms with E-state index in [1.807, 2.05) is 11.4 Å². The normalized spacial score (nSPS) is 27.9. The molecule has 2 N–H and O–H groups in total. The number of carbonyl (C=O) groups excluding carboxylic acids is 1. The van der Waals surface area contributed by atoms with Gasteiger partial charge in [-0.3, -0.25) is 4.79 Å². The van der Waals surface area contributed by atoms with Crippen LogP contribution < -0.4 is 5.32 Å². The zero-order valence-electron chi connectivity index (χ0n) is 10.7. The number of thiophene rings is 1. The number of amides is 1. The minimum atomic E-state index is -0.177. The predicted octanol–water partition coefficient (Wildman–Crippen LogP) is 2.01. The number of aliphatic hydroxyl groups is 1. The van der Waals surface area contributed by atoms with Crippen molar-refractivity contribution < 1.29 is 9.90 Å². The molecule has 3 unspecified atom stereocenters. The summed E-state index contributed by atoms with van der Waals surface area (Å²) in [7, 11) is 0. The highest BCUT2D eigenvalue weighted by molar-refractivity contribution is 7.12. The second-order valence-electron chi connectivity index (χ2n) is 5.38. The number of carbonyl (C=O) groups is 1. The molecule has 100 valence electrons. The third-order valence-corrected chi connectivity index (χ3v) is 5.14. The van der Waals surface area contributed by atoms with Gasteiger partial charge in [0.15, 0.2) is 0 Å². The van der Waals surface area contributed by atoms with E-state index in [1.54, 1.807) is 0 Å². The Morgan fingerprint density at radius 3 is 3.05 bits per heavy atom. The lowest BCUT2D eigenvalue weighted by Crippen LogP contribution is -2.38. The lowest BCUT2D eigenvalue weighted by atomic mass is 9.95. The lowest BCUT2D eigenvalue weighted by molar-refractivity contribution is 0.0927.